The van der Waals surface area contributed by atoms with Crippen LogP contribution in [0.5, 0.6) is 11.5 Å². The van der Waals surface area contributed by atoms with Gasteiger partial charge in [0.05, 0.1) is 26.0 Å². The third kappa shape index (κ3) is 4.96. The predicted molar refractivity (Wildman–Crippen MR) is 135 cm³/mol. The Morgan fingerprint density at radius 3 is 2.29 bits per heavy atom. The first-order valence-electron chi connectivity index (χ1n) is 11.9. The zero-order chi connectivity index (χ0) is 24.4. The van der Waals surface area contributed by atoms with Crippen LogP contribution < -0.4 is 9.47 Å². The van der Waals surface area contributed by atoms with E-state index in [9.17, 15) is 14.4 Å². The summed E-state index contributed by atoms with van der Waals surface area (Å²) in [6.45, 7) is 4.23. The number of thioether (sulfide) groups is 1. The number of carbonyl (C=O) groups is 3. The van der Waals surface area contributed by atoms with Crippen LogP contribution in [0.4, 0.5) is 0 Å². The van der Waals surface area contributed by atoms with Crippen LogP contribution in [0, 0.1) is 11.8 Å². The van der Waals surface area contributed by atoms with E-state index < -0.39 is 12.0 Å². The average Bonchev–Trinajstić information content (AvgIpc) is 3.36. The molecule has 7 nitrogen and oxygen atoms in total. The van der Waals surface area contributed by atoms with E-state index in [0.29, 0.717) is 37.3 Å². The van der Waals surface area contributed by atoms with E-state index in [4.69, 9.17) is 21.7 Å². The van der Waals surface area contributed by atoms with Gasteiger partial charge in [-0.3, -0.25) is 14.4 Å². The van der Waals surface area contributed by atoms with Crippen molar-refractivity contribution in [2.45, 2.75) is 45.1 Å². The summed E-state index contributed by atoms with van der Waals surface area (Å²) in [6.07, 6.45) is 3.56. The van der Waals surface area contributed by atoms with Gasteiger partial charge in [-0.2, -0.15) is 0 Å². The smallest absolute Gasteiger partial charge is 0.233 e. The molecular formula is C25H32N2O5S2. The van der Waals surface area contributed by atoms with Crippen LogP contribution in [0.3, 0.4) is 0 Å². The van der Waals surface area contributed by atoms with Gasteiger partial charge >= 0.3 is 0 Å². The number of Topliss-reactive ketones (excluding diaryl/α,β-unsaturated/α-hetero) is 2. The average molecular weight is 505 g/mol. The number of ether oxygens (including phenoxy) is 2. The molecule has 2 heterocycles. The van der Waals surface area contributed by atoms with Gasteiger partial charge in [0, 0.05) is 32.5 Å². The fourth-order valence-electron chi connectivity index (χ4n) is 5.36. The molecule has 1 aliphatic carbocycles. The Balaban J connectivity index is 1.65. The van der Waals surface area contributed by atoms with E-state index in [1.807, 2.05) is 19.1 Å². The monoisotopic (exact) mass is 504 g/mol. The van der Waals surface area contributed by atoms with Crippen molar-refractivity contribution in [2.24, 2.45) is 11.8 Å². The summed E-state index contributed by atoms with van der Waals surface area (Å²) in [6, 6.07) is 3.10. The maximum Gasteiger partial charge on any atom is 0.233 e. The summed E-state index contributed by atoms with van der Waals surface area (Å²) in [7, 11) is 3.13. The van der Waals surface area contributed by atoms with Crippen molar-refractivity contribution in [3.63, 3.8) is 0 Å². The lowest BCUT2D eigenvalue weighted by Crippen LogP contribution is -2.49. The van der Waals surface area contributed by atoms with Crippen LogP contribution in [-0.4, -0.2) is 71.2 Å². The number of likely N-dealkylation sites (tertiary alicyclic amines) is 1. The van der Waals surface area contributed by atoms with Crippen molar-refractivity contribution in [3.8, 4) is 11.5 Å². The SMILES string of the molecule is COc1cc2c(cc1OC)[C@@H](C1C(=O)CC(C)CC1=O)N(C(=O)CSC(=S)N1CCCC1)CC2. The summed E-state index contributed by atoms with van der Waals surface area (Å²) in [5.74, 6) is 0.213. The Morgan fingerprint density at radius 2 is 1.68 bits per heavy atom. The van der Waals surface area contributed by atoms with Crippen LogP contribution in [0.15, 0.2) is 12.1 Å². The van der Waals surface area contributed by atoms with Gasteiger partial charge in [0.1, 0.15) is 21.8 Å². The molecule has 0 unspecified atom stereocenters. The Bertz CT molecular complexity index is 974. The van der Waals surface area contributed by atoms with E-state index >= 15 is 0 Å². The highest BCUT2D eigenvalue weighted by Gasteiger charge is 2.46. The first-order valence-corrected chi connectivity index (χ1v) is 13.2. The molecule has 3 aliphatic rings. The second kappa shape index (κ2) is 10.6. The molecule has 0 spiro atoms. The van der Waals surface area contributed by atoms with Gasteiger partial charge in [0.2, 0.25) is 5.91 Å². The molecule has 2 fully saturated rings. The van der Waals surface area contributed by atoms with E-state index in [1.165, 1.54) is 11.8 Å². The molecule has 9 heteroatoms. The van der Waals surface area contributed by atoms with E-state index in [0.717, 1.165) is 41.4 Å². The molecule has 1 saturated carbocycles. The van der Waals surface area contributed by atoms with E-state index in [-0.39, 0.29) is 29.1 Å². The van der Waals surface area contributed by atoms with E-state index in [1.54, 1.807) is 19.1 Å². The topological polar surface area (TPSA) is 76.1 Å². The summed E-state index contributed by atoms with van der Waals surface area (Å²) in [4.78, 5) is 43.7. The number of thiocarbonyl (C=S) groups is 1. The Kier molecular flexibility index (Phi) is 7.82. The minimum absolute atomic E-state index is 0.0299. The van der Waals surface area contributed by atoms with Crippen LogP contribution in [0.25, 0.3) is 0 Å². The lowest BCUT2D eigenvalue weighted by molar-refractivity contribution is -0.144. The van der Waals surface area contributed by atoms with Gasteiger partial charge in [-0.25, -0.2) is 0 Å². The van der Waals surface area contributed by atoms with Gasteiger partial charge < -0.3 is 19.3 Å². The number of methoxy groups -OCH3 is 2. The number of fused-ring (bicyclic) bond motifs is 1. The molecule has 1 amide bonds. The van der Waals surface area contributed by atoms with E-state index in [2.05, 4.69) is 4.90 Å². The molecule has 0 radical (unpaired) electrons. The number of amides is 1. The largest absolute Gasteiger partial charge is 0.493 e. The molecule has 2 aliphatic heterocycles. The van der Waals surface area contributed by atoms with Gasteiger partial charge in [-0.15, -0.1) is 0 Å². The molecule has 0 aromatic heterocycles. The maximum absolute atomic E-state index is 13.5. The van der Waals surface area contributed by atoms with Gasteiger partial charge in [-0.05, 0) is 48.4 Å². The zero-order valence-corrected chi connectivity index (χ0v) is 21.6. The van der Waals surface area contributed by atoms with Crippen molar-refractivity contribution in [1.29, 1.82) is 0 Å². The highest BCUT2D eigenvalue weighted by molar-refractivity contribution is 8.23. The fourth-order valence-corrected chi connectivity index (χ4v) is 6.50. The van der Waals surface area contributed by atoms with Crippen molar-refractivity contribution in [2.75, 3.05) is 39.6 Å². The molecule has 1 saturated heterocycles. The second-order valence-electron chi connectivity index (χ2n) is 9.36. The van der Waals surface area contributed by atoms with Gasteiger partial charge in [0.15, 0.2) is 11.5 Å². The zero-order valence-electron chi connectivity index (χ0n) is 20.0. The minimum atomic E-state index is -0.854. The number of hydrogen-bond acceptors (Lipinski definition) is 7. The van der Waals surface area contributed by atoms with Crippen molar-refractivity contribution >= 4 is 45.8 Å². The molecule has 1 aromatic rings. The Hall–Kier alpha value is -2.13. The second-order valence-corrected chi connectivity index (χ2v) is 11.0. The minimum Gasteiger partial charge on any atom is -0.493 e. The first-order chi connectivity index (χ1) is 16.3. The van der Waals surface area contributed by atoms with Crippen LogP contribution in [-0.2, 0) is 20.8 Å². The van der Waals surface area contributed by atoms with Crippen LogP contribution >= 0.6 is 24.0 Å². The van der Waals surface area contributed by atoms with Crippen molar-refractivity contribution in [3.05, 3.63) is 23.3 Å². The van der Waals surface area contributed by atoms with Crippen molar-refractivity contribution in [1.82, 2.24) is 9.80 Å². The summed E-state index contributed by atoms with van der Waals surface area (Å²) >= 11 is 6.91. The van der Waals surface area contributed by atoms with Crippen molar-refractivity contribution < 1.29 is 23.9 Å². The molecular weight excluding hydrogens is 472 g/mol. The lowest BCUT2D eigenvalue weighted by atomic mass is 9.73. The lowest BCUT2D eigenvalue weighted by Gasteiger charge is -2.42. The van der Waals surface area contributed by atoms with Gasteiger partial charge in [-0.1, -0.05) is 30.9 Å². The first kappa shape index (κ1) is 25.0. The summed E-state index contributed by atoms with van der Waals surface area (Å²) < 4.78 is 11.7. The standard InChI is InChI=1S/C25H32N2O5S2/c1-15-10-18(28)23(19(29)11-15)24-17-13-21(32-3)20(31-2)12-16(17)6-9-27(24)22(30)14-34-25(33)26-7-4-5-8-26/h12-13,15,23-24H,4-11,14H2,1-3H3/t15?,23?,24-/m0/s1. The third-order valence-corrected chi connectivity index (χ3v) is 8.54. The summed E-state index contributed by atoms with van der Waals surface area (Å²) in [5, 5.41) is 0. The number of hydrogen-bond donors (Lipinski definition) is 0. The Labute approximate surface area is 210 Å². The highest BCUT2D eigenvalue weighted by Crippen LogP contribution is 2.44. The number of nitrogens with zero attached hydrogens (tertiary/aromatic N) is 2. The maximum atomic E-state index is 13.5. The molecule has 34 heavy (non-hydrogen) atoms. The fraction of sp³-hybridized carbons (Fsp3) is 0.600. The molecule has 0 bridgehead atoms. The third-order valence-electron chi connectivity index (χ3n) is 7.03. The predicted octanol–water partition coefficient (Wildman–Crippen LogP) is 3.43. The normalized spacial score (nSPS) is 24.7. The van der Waals surface area contributed by atoms with Crippen LogP contribution in [0.2, 0.25) is 0 Å². The van der Waals surface area contributed by atoms with Gasteiger partial charge in [0.25, 0.3) is 0 Å². The Morgan fingerprint density at radius 1 is 1.06 bits per heavy atom. The number of ketones is 2. The number of benzene rings is 1. The van der Waals surface area contributed by atoms with Crippen LogP contribution in [0.1, 0.15) is 49.8 Å². The molecule has 1 aromatic carbocycles. The molecule has 1 atom stereocenters. The number of carbonyl (C=O) groups excluding carboxylic acids is 3. The summed E-state index contributed by atoms with van der Waals surface area (Å²) in [5.41, 5.74) is 1.77. The number of rotatable bonds is 5. The molecule has 4 rings (SSSR count). The molecule has 0 N–H and O–H groups in total. The highest BCUT2D eigenvalue weighted by atomic mass is 32.2. The molecule has 184 valence electrons. The quantitative estimate of drug-likeness (QED) is 0.446.